The number of rotatable bonds is 4. The van der Waals surface area contributed by atoms with Gasteiger partial charge in [0.25, 0.3) is 10.0 Å². The molecule has 0 aliphatic rings. The van der Waals surface area contributed by atoms with Crippen molar-refractivity contribution in [3.63, 3.8) is 0 Å². The van der Waals surface area contributed by atoms with Crippen LogP contribution in [-0.4, -0.2) is 8.42 Å². The van der Waals surface area contributed by atoms with E-state index >= 15 is 0 Å². The lowest BCUT2D eigenvalue weighted by Crippen LogP contribution is -2.14. The summed E-state index contributed by atoms with van der Waals surface area (Å²) in [5, 5.41) is 0.706. The number of benzene rings is 2. The molecule has 5 heteroatoms. The van der Waals surface area contributed by atoms with Crippen molar-refractivity contribution in [2.24, 2.45) is 0 Å². The average molecular weight is 354 g/mol. The Labute approximate surface area is 128 Å². The van der Waals surface area contributed by atoms with Gasteiger partial charge in [0.1, 0.15) is 0 Å². The van der Waals surface area contributed by atoms with Crippen LogP contribution in [0, 0.1) is 13.8 Å². The second kappa shape index (κ2) is 5.97. The van der Waals surface area contributed by atoms with E-state index in [2.05, 4.69) is 20.7 Å². The lowest BCUT2D eigenvalue weighted by atomic mass is 10.1. The van der Waals surface area contributed by atoms with Gasteiger partial charge in [-0.25, -0.2) is 8.42 Å². The summed E-state index contributed by atoms with van der Waals surface area (Å²) < 4.78 is 27.4. The van der Waals surface area contributed by atoms with Gasteiger partial charge in [-0.3, -0.25) is 4.72 Å². The fourth-order valence-electron chi connectivity index (χ4n) is 1.93. The fraction of sp³-hybridized carbons (Fsp3) is 0.200. The SMILES string of the molecule is Cc1cccc(C)c1NS(=O)(=O)c1ccc(CBr)cc1. The summed E-state index contributed by atoms with van der Waals surface area (Å²) in [5.41, 5.74) is 3.50. The van der Waals surface area contributed by atoms with Crippen LogP contribution in [0.25, 0.3) is 0 Å². The minimum atomic E-state index is -3.55. The average Bonchev–Trinajstić information content (AvgIpc) is 2.43. The third-order valence-electron chi connectivity index (χ3n) is 3.11. The Hall–Kier alpha value is -1.33. The van der Waals surface area contributed by atoms with Gasteiger partial charge in [0.15, 0.2) is 0 Å². The number of nitrogens with one attached hydrogen (secondary N) is 1. The summed E-state index contributed by atoms with van der Waals surface area (Å²) in [4.78, 5) is 0.268. The van der Waals surface area contributed by atoms with Gasteiger partial charge in [-0.15, -0.1) is 0 Å². The molecule has 0 unspecified atom stereocenters. The number of anilines is 1. The Morgan fingerprint density at radius 2 is 1.55 bits per heavy atom. The minimum Gasteiger partial charge on any atom is -0.279 e. The molecule has 0 radical (unpaired) electrons. The van der Waals surface area contributed by atoms with Crippen molar-refractivity contribution in [1.82, 2.24) is 0 Å². The van der Waals surface area contributed by atoms with Gasteiger partial charge in [-0.2, -0.15) is 0 Å². The van der Waals surface area contributed by atoms with E-state index < -0.39 is 10.0 Å². The van der Waals surface area contributed by atoms with Crippen LogP contribution in [0.4, 0.5) is 5.69 Å². The van der Waals surface area contributed by atoms with Crippen LogP contribution in [0.5, 0.6) is 0 Å². The van der Waals surface area contributed by atoms with Crippen LogP contribution in [0.1, 0.15) is 16.7 Å². The third-order valence-corrected chi connectivity index (χ3v) is 5.12. The molecule has 3 nitrogen and oxygen atoms in total. The maximum absolute atomic E-state index is 12.4. The van der Waals surface area contributed by atoms with Gasteiger partial charge in [0.05, 0.1) is 10.6 Å². The van der Waals surface area contributed by atoms with E-state index in [0.717, 1.165) is 16.7 Å². The Morgan fingerprint density at radius 1 is 1.00 bits per heavy atom. The van der Waals surface area contributed by atoms with Crippen molar-refractivity contribution in [2.75, 3.05) is 4.72 Å². The Morgan fingerprint density at radius 3 is 2.05 bits per heavy atom. The topological polar surface area (TPSA) is 46.2 Å². The van der Waals surface area contributed by atoms with Crippen molar-refractivity contribution >= 4 is 31.6 Å². The van der Waals surface area contributed by atoms with E-state index in [1.807, 2.05) is 32.0 Å². The van der Waals surface area contributed by atoms with E-state index in [1.54, 1.807) is 24.3 Å². The minimum absolute atomic E-state index is 0.268. The lowest BCUT2D eigenvalue weighted by Gasteiger charge is -2.13. The molecule has 0 atom stereocenters. The normalized spacial score (nSPS) is 11.3. The largest absolute Gasteiger partial charge is 0.279 e. The van der Waals surface area contributed by atoms with Crippen LogP contribution >= 0.6 is 15.9 Å². The lowest BCUT2D eigenvalue weighted by molar-refractivity contribution is 0.601. The zero-order chi connectivity index (χ0) is 14.8. The smallest absolute Gasteiger partial charge is 0.261 e. The highest BCUT2D eigenvalue weighted by molar-refractivity contribution is 9.08. The summed E-state index contributed by atoms with van der Waals surface area (Å²) in [6, 6.07) is 12.5. The zero-order valence-corrected chi connectivity index (χ0v) is 13.8. The maximum Gasteiger partial charge on any atom is 0.261 e. The van der Waals surface area contributed by atoms with Gasteiger partial charge in [0, 0.05) is 5.33 Å². The predicted molar refractivity (Wildman–Crippen MR) is 85.8 cm³/mol. The van der Waals surface area contributed by atoms with Crippen LogP contribution in [0.2, 0.25) is 0 Å². The van der Waals surface area contributed by atoms with Crippen LogP contribution < -0.4 is 4.72 Å². The Bertz CT molecular complexity index is 689. The van der Waals surface area contributed by atoms with E-state index in [4.69, 9.17) is 0 Å². The highest BCUT2D eigenvalue weighted by atomic mass is 79.9. The molecular weight excluding hydrogens is 338 g/mol. The molecular formula is C15H16BrNO2S. The number of alkyl halides is 1. The quantitative estimate of drug-likeness (QED) is 0.844. The van der Waals surface area contributed by atoms with E-state index in [1.165, 1.54) is 0 Å². The second-order valence-corrected chi connectivity index (χ2v) is 6.89. The summed E-state index contributed by atoms with van der Waals surface area (Å²) >= 11 is 3.34. The molecule has 20 heavy (non-hydrogen) atoms. The number of sulfonamides is 1. The molecule has 0 heterocycles. The van der Waals surface area contributed by atoms with Crippen molar-refractivity contribution in [3.05, 3.63) is 59.2 Å². The van der Waals surface area contributed by atoms with Gasteiger partial charge in [-0.05, 0) is 42.7 Å². The van der Waals surface area contributed by atoms with Crippen molar-refractivity contribution in [1.29, 1.82) is 0 Å². The Kier molecular flexibility index (Phi) is 4.50. The first kappa shape index (κ1) is 15.1. The van der Waals surface area contributed by atoms with Gasteiger partial charge in [0.2, 0.25) is 0 Å². The number of aryl methyl sites for hydroxylation is 2. The highest BCUT2D eigenvalue weighted by Gasteiger charge is 2.16. The molecule has 0 aromatic heterocycles. The molecule has 106 valence electrons. The van der Waals surface area contributed by atoms with Crippen molar-refractivity contribution in [3.8, 4) is 0 Å². The number of para-hydroxylation sites is 1. The van der Waals surface area contributed by atoms with E-state index in [9.17, 15) is 8.42 Å². The molecule has 0 fully saturated rings. The van der Waals surface area contributed by atoms with E-state index in [0.29, 0.717) is 11.0 Å². The monoisotopic (exact) mass is 353 g/mol. The van der Waals surface area contributed by atoms with Crippen molar-refractivity contribution in [2.45, 2.75) is 24.1 Å². The molecule has 0 amide bonds. The molecule has 0 spiro atoms. The first-order valence-corrected chi connectivity index (χ1v) is 8.78. The van der Waals surface area contributed by atoms with Gasteiger partial charge < -0.3 is 0 Å². The highest BCUT2D eigenvalue weighted by Crippen LogP contribution is 2.23. The number of hydrogen-bond acceptors (Lipinski definition) is 2. The molecule has 2 aromatic carbocycles. The van der Waals surface area contributed by atoms with Crippen LogP contribution in [-0.2, 0) is 15.4 Å². The first-order chi connectivity index (χ1) is 9.44. The summed E-state index contributed by atoms with van der Waals surface area (Å²) in [5.74, 6) is 0. The molecule has 2 rings (SSSR count). The van der Waals surface area contributed by atoms with Gasteiger partial charge in [-0.1, -0.05) is 46.3 Å². The predicted octanol–water partition coefficient (Wildman–Crippen LogP) is 4.00. The van der Waals surface area contributed by atoms with E-state index in [-0.39, 0.29) is 4.90 Å². The number of halogens is 1. The summed E-state index contributed by atoms with van der Waals surface area (Å²) in [7, 11) is -3.55. The standard InChI is InChI=1S/C15H16BrNO2S/c1-11-4-3-5-12(2)15(11)17-20(18,19)14-8-6-13(10-16)7-9-14/h3-9,17H,10H2,1-2H3. The van der Waals surface area contributed by atoms with Crippen molar-refractivity contribution < 1.29 is 8.42 Å². The Balaban J connectivity index is 2.35. The van der Waals surface area contributed by atoms with Crippen LogP contribution in [0.3, 0.4) is 0 Å². The molecule has 2 aromatic rings. The molecule has 0 aliphatic carbocycles. The molecule has 0 saturated carbocycles. The summed E-state index contributed by atoms with van der Waals surface area (Å²) in [6.45, 7) is 3.78. The molecule has 0 aliphatic heterocycles. The van der Waals surface area contributed by atoms with Gasteiger partial charge >= 0.3 is 0 Å². The molecule has 1 N–H and O–H groups in total. The molecule has 0 bridgehead atoms. The zero-order valence-electron chi connectivity index (χ0n) is 11.4. The van der Waals surface area contributed by atoms with Crippen LogP contribution in [0.15, 0.2) is 47.4 Å². The first-order valence-electron chi connectivity index (χ1n) is 6.18. The second-order valence-electron chi connectivity index (χ2n) is 4.65. The third kappa shape index (κ3) is 3.22. The molecule has 0 saturated heterocycles. The fourth-order valence-corrected chi connectivity index (χ4v) is 3.50. The number of hydrogen-bond donors (Lipinski definition) is 1. The maximum atomic E-state index is 12.4. The summed E-state index contributed by atoms with van der Waals surface area (Å²) in [6.07, 6.45) is 0.